The average Bonchev–Trinajstić information content (AvgIpc) is 2.42. The van der Waals surface area contributed by atoms with Gasteiger partial charge in [-0.15, -0.1) is 0 Å². The van der Waals surface area contributed by atoms with E-state index in [1.165, 1.54) is 0 Å². The molecule has 11 heavy (non-hydrogen) atoms. The third-order valence-electron chi connectivity index (χ3n) is 2.83. The highest BCUT2D eigenvalue weighted by Crippen LogP contribution is 2.41. The third kappa shape index (κ3) is 0.945. The van der Waals surface area contributed by atoms with Crippen molar-refractivity contribution in [3.63, 3.8) is 0 Å². The summed E-state index contributed by atoms with van der Waals surface area (Å²) in [4.78, 5) is 21.6. The number of fused-ring (bicyclic) bond motifs is 2. The van der Waals surface area contributed by atoms with E-state index in [0.717, 1.165) is 19.3 Å². The fraction of sp³-hybridized carbons (Fsp3) is 0.667. The maximum Gasteiger partial charge on any atom is 0.172 e. The van der Waals surface area contributed by atoms with E-state index in [9.17, 15) is 9.59 Å². The molecule has 2 fully saturated rings. The maximum absolute atomic E-state index is 11.3. The van der Waals surface area contributed by atoms with Crippen LogP contribution >= 0.6 is 0 Å². The summed E-state index contributed by atoms with van der Waals surface area (Å²) >= 11 is 0. The second-order valence-corrected chi connectivity index (χ2v) is 3.52. The monoisotopic (exact) mass is 150 g/mol. The minimum Gasteiger partial charge on any atom is -0.293 e. The van der Waals surface area contributed by atoms with E-state index in [1.54, 1.807) is 5.94 Å². The number of hydrogen-bond acceptors (Lipinski definition) is 2. The minimum atomic E-state index is 0.0775. The molecule has 0 aromatic carbocycles. The van der Waals surface area contributed by atoms with Crippen LogP contribution in [0, 0.1) is 11.8 Å². The standard InChI is InChI=1S/C9H10O2/c10-5-8-4-6-1-2-7(3-6)9(8)11/h6-7H,1-4H2. The van der Waals surface area contributed by atoms with Crippen LogP contribution in [0.25, 0.3) is 0 Å². The molecule has 2 heteroatoms. The molecule has 0 heterocycles. The molecule has 2 nitrogen and oxygen atoms in total. The number of ketones is 1. The van der Waals surface area contributed by atoms with Crippen LogP contribution in [0.1, 0.15) is 25.7 Å². The van der Waals surface area contributed by atoms with Crippen molar-refractivity contribution < 1.29 is 9.59 Å². The van der Waals surface area contributed by atoms with Gasteiger partial charge in [0.2, 0.25) is 0 Å². The highest BCUT2D eigenvalue weighted by Gasteiger charge is 2.37. The SMILES string of the molecule is O=C=C1CC2CCC(C2)C1=O. The largest absolute Gasteiger partial charge is 0.293 e. The first-order valence-corrected chi connectivity index (χ1v) is 4.09. The Kier molecular flexibility index (Phi) is 1.43. The molecule has 2 saturated carbocycles. The van der Waals surface area contributed by atoms with Gasteiger partial charge in [0.1, 0.15) is 5.94 Å². The van der Waals surface area contributed by atoms with Crippen LogP contribution in [0.15, 0.2) is 5.57 Å². The third-order valence-corrected chi connectivity index (χ3v) is 2.83. The lowest BCUT2D eigenvalue weighted by molar-refractivity contribution is -0.119. The van der Waals surface area contributed by atoms with Gasteiger partial charge in [0.15, 0.2) is 5.78 Å². The number of allylic oxidation sites excluding steroid dienone is 1. The van der Waals surface area contributed by atoms with Gasteiger partial charge in [-0.3, -0.25) is 4.79 Å². The smallest absolute Gasteiger partial charge is 0.172 e. The minimum absolute atomic E-state index is 0.0775. The Morgan fingerprint density at radius 3 is 2.91 bits per heavy atom. The molecule has 2 bridgehead atoms. The predicted molar refractivity (Wildman–Crippen MR) is 39.7 cm³/mol. The summed E-state index contributed by atoms with van der Waals surface area (Å²) in [5.74, 6) is 2.63. The van der Waals surface area contributed by atoms with E-state index >= 15 is 0 Å². The number of carbonyl (C=O) groups excluding carboxylic acids is 2. The Labute approximate surface area is 65.3 Å². The Morgan fingerprint density at radius 1 is 1.36 bits per heavy atom. The van der Waals surface area contributed by atoms with Crippen LogP contribution in [0.2, 0.25) is 0 Å². The van der Waals surface area contributed by atoms with Crippen LogP contribution in [0.3, 0.4) is 0 Å². The molecule has 0 amide bonds. The molecule has 0 aliphatic heterocycles. The van der Waals surface area contributed by atoms with Gasteiger partial charge in [-0.1, -0.05) is 0 Å². The van der Waals surface area contributed by atoms with E-state index in [4.69, 9.17) is 0 Å². The van der Waals surface area contributed by atoms with Gasteiger partial charge in [0, 0.05) is 5.92 Å². The van der Waals surface area contributed by atoms with Crippen molar-refractivity contribution in [3.8, 4) is 0 Å². The molecule has 58 valence electrons. The number of rotatable bonds is 0. The zero-order valence-electron chi connectivity index (χ0n) is 6.30. The fourth-order valence-electron chi connectivity index (χ4n) is 2.23. The quantitative estimate of drug-likeness (QED) is 0.383. The first-order valence-electron chi connectivity index (χ1n) is 4.09. The fourth-order valence-corrected chi connectivity index (χ4v) is 2.23. The van der Waals surface area contributed by atoms with E-state index in [-0.39, 0.29) is 11.7 Å². The Hall–Kier alpha value is -0.880. The zero-order chi connectivity index (χ0) is 7.84. The molecule has 0 aromatic rings. The van der Waals surface area contributed by atoms with Gasteiger partial charge < -0.3 is 0 Å². The summed E-state index contributed by atoms with van der Waals surface area (Å²) in [6.07, 6.45) is 3.83. The molecule has 2 unspecified atom stereocenters. The molecule has 2 aliphatic carbocycles. The molecule has 2 aliphatic rings. The second-order valence-electron chi connectivity index (χ2n) is 3.52. The maximum atomic E-state index is 11.3. The molecular formula is C9H10O2. The van der Waals surface area contributed by atoms with Gasteiger partial charge in [-0.2, -0.15) is 0 Å². The summed E-state index contributed by atoms with van der Waals surface area (Å²) in [6.45, 7) is 0. The Bertz CT molecular complexity index is 248. The van der Waals surface area contributed by atoms with Gasteiger partial charge in [-0.05, 0) is 31.6 Å². The van der Waals surface area contributed by atoms with Crippen molar-refractivity contribution in [2.75, 3.05) is 0 Å². The summed E-state index contributed by atoms with van der Waals surface area (Å²) in [5.41, 5.74) is 0.420. The van der Waals surface area contributed by atoms with Crippen molar-refractivity contribution in [1.29, 1.82) is 0 Å². The summed E-state index contributed by atoms with van der Waals surface area (Å²) in [7, 11) is 0. The Morgan fingerprint density at radius 2 is 2.18 bits per heavy atom. The molecule has 0 spiro atoms. The van der Waals surface area contributed by atoms with E-state index in [2.05, 4.69) is 0 Å². The molecule has 0 radical (unpaired) electrons. The molecule has 2 atom stereocenters. The first kappa shape index (κ1) is 6.81. The lowest BCUT2D eigenvalue weighted by atomic mass is 9.85. The van der Waals surface area contributed by atoms with Gasteiger partial charge in [0.05, 0.1) is 5.57 Å². The summed E-state index contributed by atoms with van der Waals surface area (Å²) < 4.78 is 0. The van der Waals surface area contributed by atoms with Crippen LogP contribution in [0.4, 0.5) is 0 Å². The second kappa shape index (κ2) is 2.31. The normalized spacial score (nSPS) is 35.6. The van der Waals surface area contributed by atoms with Crippen molar-refractivity contribution in [2.45, 2.75) is 25.7 Å². The highest BCUT2D eigenvalue weighted by atomic mass is 16.1. The van der Waals surface area contributed by atoms with E-state index < -0.39 is 0 Å². The predicted octanol–water partition coefficient (Wildman–Crippen LogP) is 1.13. The van der Waals surface area contributed by atoms with Crippen molar-refractivity contribution in [2.24, 2.45) is 11.8 Å². The number of Topliss-reactive ketones (excluding diaryl/α,β-unsaturated/α-hetero) is 1. The number of carbonyl (C=O) groups is 1. The van der Waals surface area contributed by atoms with Crippen molar-refractivity contribution >= 4 is 11.7 Å². The van der Waals surface area contributed by atoms with Gasteiger partial charge in [0.25, 0.3) is 0 Å². The topological polar surface area (TPSA) is 34.1 Å². The lowest BCUT2D eigenvalue weighted by Crippen LogP contribution is -2.20. The van der Waals surface area contributed by atoms with Crippen LogP contribution < -0.4 is 0 Å². The van der Waals surface area contributed by atoms with Crippen molar-refractivity contribution in [1.82, 2.24) is 0 Å². The number of hydrogen-bond donors (Lipinski definition) is 0. The lowest BCUT2D eigenvalue weighted by Gasteiger charge is -2.16. The van der Waals surface area contributed by atoms with Crippen LogP contribution in [0.5, 0.6) is 0 Å². The zero-order valence-corrected chi connectivity index (χ0v) is 6.30. The molecule has 0 saturated heterocycles. The molecule has 0 aromatic heterocycles. The van der Waals surface area contributed by atoms with E-state index in [0.29, 0.717) is 17.9 Å². The van der Waals surface area contributed by atoms with Gasteiger partial charge in [-0.25, -0.2) is 4.79 Å². The van der Waals surface area contributed by atoms with Crippen molar-refractivity contribution in [3.05, 3.63) is 5.57 Å². The molecular weight excluding hydrogens is 140 g/mol. The molecule has 0 N–H and O–H groups in total. The van der Waals surface area contributed by atoms with Crippen LogP contribution in [-0.2, 0) is 9.59 Å². The van der Waals surface area contributed by atoms with E-state index in [1.807, 2.05) is 0 Å². The van der Waals surface area contributed by atoms with Gasteiger partial charge >= 0.3 is 0 Å². The Balaban J connectivity index is 2.31. The average molecular weight is 150 g/mol. The molecule has 2 rings (SSSR count). The summed E-state index contributed by atoms with van der Waals surface area (Å²) in [5, 5.41) is 0. The first-order chi connectivity index (χ1) is 5.31. The van der Waals surface area contributed by atoms with Crippen LogP contribution in [-0.4, -0.2) is 11.7 Å². The summed E-state index contributed by atoms with van der Waals surface area (Å²) in [6, 6.07) is 0. The highest BCUT2D eigenvalue weighted by molar-refractivity contribution is 6.04.